The molecule has 2 aromatic carbocycles. The van der Waals surface area contributed by atoms with Gasteiger partial charge in [-0.1, -0.05) is 12.1 Å². The van der Waals surface area contributed by atoms with Crippen LogP contribution in [-0.4, -0.2) is 20.1 Å². The highest BCUT2D eigenvalue weighted by atomic mass is 32.2. The van der Waals surface area contributed by atoms with Gasteiger partial charge in [0.05, 0.1) is 17.5 Å². The molecule has 0 saturated carbocycles. The molecule has 0 bridgehead atoms. The Morgan fingerprint density at radius 2 is 1.88 bits per heavy atom. The second kappa shape index (κ2) is 6.97. The Kier molecular flexibility index (Phi) is 4.88. The van der Waals surface area contributed by atoms with E-state index in [0.29, 0.717) is 17.8 Å². The Morgan fingerprint density at radius 1 is 1.19 bits per heavy atom. The number of sulfonamides is 1. The molecule has 3 rings (SSSR count). The summed E-state index contributed by atoms with van der Waals surface area (Å²) >= 11 is 0. The van der Waals surface area contributed by atoms with E-state index in [-0.39, 0.29) is 10.5 Å². The zero-order valence-electron chi connectivity index (χ0n) is 14.7. The number of ether oxygens (including phenoxy) is 1. The average Bonchev–Trinajstić information content (AvgIpc) is 2.95. The van der Waals surface area contributed by atoms with Gasteiger partial charge in [0.2, 0.25) is 10.0 Å². The fourth-order valence-corrected chi connectivity index (χ4v) is 4.02. The monoisotopic (exact) mass is 376 g/mol. The van der Waals surface area contributed by atoms with Crippen molar-refractivity contribution in [1.82, 2.24) is 9.29 Å². The SMILES string of the molecule is CCn1c(=O)oc2cc(S(=O)(=O)N[C@H](C)c3ccc(OC)cc3)ccc21. The van der Waals surface area contributed by atoms with Gasteiger partial charge in [0.15, 0.2) is 5.58 Å². The number of aromatic nitrogens is 1. The Labute approximate surface area is 151 Å². The maximum Gasteiger partial charge on any atom is 0.419 e. The van der Waals surface area contributed by atoms with Crippen molar-refractivity contribution < 1.29 is 17.6 Å². The molecule has 7 nitrogen and oxygen atoms in total. The second-order valence-electron chi connectivity index (χ2n) is 5.86. The number of hydrogen-bond acceptors (Lipinski definition) is 5. The van der Waals surface area contributed by atoms with E-state index in [1.54, 1.807) is 44.4 Å². The smallest absolute Gasteiger partial charge is 0.419 e. The first-order valence-electron chi connectivity index (χ1n) is 8.15. The van der Waals surface area contributed by atoms with E-state index in [0.717, 1.165) is 5.56 Å². The summed E-state index contributed by atoms with van der Waals surface area (Å²) in [5, 5.41) is 0. The molecule has 3 aromatic rings. The molecule has 0 unspecified atom stereocenters. The maximum atomic E-state index is 12.7. The van der Waals surface area contributed by atoms with Crippen LogP contribution in [0.15, 0.2) is 56.6 Å². The van der Waals surface area contributed by atoms with E-state index < -0.39 is 21.8 Å². The summed E-state index contributed by atoms with van der Waals surface area (Å²) in [5.41, 5.74) is 1.62. The largest absolute Gasteiger partial charge is 0.497 e. The summed E-state index contributed by atoms with van der Waals surface area (Å²) in [6.07, 6.45) is 0. The molecule has 0 aliphatic carbocycles. The van der Waals surface area contributed by atoms with Crippen LogP contribution in [0.3, 0.4) is 0 Å². The van der Waals surface area contributed by atoms with Crippen molar-refractivity contribution >= 4 is 21.1 Å². The second-order valence-corrected chi connectivity index (χ2v) is 7.57. The number of aryl methyl sites for hydroxylation is 1. The third-order valence-electron chi connectivity index (χ3n) is 4.21. The Hall–Kier alpha value is -2.58. The number of benzene rings is 2. The molecule has 0 amide bonds. The van der Waals surface area contributed by atoms with Crippen molar-refractivity contribution in [3.05, 3.63) is 58.6 Å². The fourth-order valence-electron chi connectivity index (χ4n) is 2.77. The summed E-state index contributed by atoms with van der Waals surface area (Å²) in [4.78, 5) is 11.8. The van der Waals surface area contributed by atoms with Gasteiger partial charge in [0.25, 0.3) is 0 Å². The van der Waals surface area contributed by atoms with Gasteiger partial charge in [-0.3, -0.25) is 4.57 Å². The summed E-state index contributed by atoms with van der Waals surface area (Å²) in [6.45, 7) is 4.02. The van der Waals surface area contributed by atoms with Gasteiger partial charge in [-0.05, 0) is 43.7 Å². The van der Waals surface area contributed by atoms with Gasteiger partial charge in [-0.2, -0.15) is 0 Å². The van der Waals surface area contributed by atoms with E-state index in [2.05, 4.69) is 4.72 Å². The summed E-state index contributed by atoms with van der Waals surface area (Å²) in [6, 6.07) is 11.1. The first kappa shape index (κ1) is 18.2. The molecule has 0 radical (unpaired) electrons. The fraction of sp³-hybridized carbons (Fsp3) is 0.278. The quantitative estimate of drug-likeness (QED) is 0.714. The van der Waals surface area contributed by atoms with Gasteiger partial charge in [-0.15, -0.1) is 0 Å². The van der Waals surface area contributed by atoms with Crippen LogP contribution in [0.4, 0.5) is 0 Å². The third-order valence-corrected chi connectivity index (χ3v) is 5.75. The van der Waals surface area contributed by atoms with Gasteiger partial charge in [-0.25, -0.2) is 17.9 Å². The third kappa shape index (κ3) is 3.38. The molecule has 1 N–H and O–H groups in total. The van der Waals surface area contributed by atoms with Crippen molar-refractivity contribution in [2.75, 3.05) is 7.11 Å². The Bertz CT molecular complexity index is 1080. The van der Waals surface area contributed by atoms with E-state index in [1.165, 1.54) is 16.7 Å². The van der Waals surface area contributed by atoms with Crippen molar-refractivity contribution in [2.24, 2.45) is 0 Å². The topological polar surface area (TPSA) is 90.5 Å². The first-order valence-corrected chi connectivity index (χ1v) is 9.63. The van der Waals surface area contributed by atoms with Crippen LogP contribution in [0, 0.1) is 0 Å². The lowest BCUT2D eigenvalue weighted by molar-refractivity contribution is 0.414. The number of fused-ring (bicyclic) bond motifs is 1. The number of rotatable bonds is 6. The molecule has 1 heterocycles. The predicted octanol–water partition coefficient (Wildman–Crippen LogP) is 2.66. The summed E-state index contributed by atoms with van der Waals surface area (Å²) < 4.78 is 39.7. The molecule has 0 aliphatic heterocycles. The van der Waals surface area contributed by atoms with Crippen LogP contribution >= 0.6 is 0 Å². The zero-order valence-corrected chi connectivity index (χ0v) is 15.5. The van der Waals surface area contributed by atoms with Crippen LogP contribution in [0.2, 0.25) is 0 Å². The van der Waals surface area contributed by atoms with Crippen molar-refractivity contribution in [3.8, 4) is 5.75 Å². The van der Waals surface area contributed by atoms with Crippen molar-refractivity contribution in [3.63, 3.8) is 0 Å². The van der Waals surface area contributed by atoms with E-state index in [1.807, 2.05) is 6.92 Å². The molecule has 1 aromatic heterocycles. The molecular formula is C18H20N2O5S. The minimum Gasteiger partial charge on any atom is -0.497 e. The minimum absolute atomic E-state index is 0.0439. The first-order chi connectivity index (χ1) is 12.4. The van der Waals surface area contributed by atoms with Crippen LogP contribution in [0.25, 0.3) is 11.1 Å². The lowest BCUT2D eigenvalue weighted by Crippen LogP contribution is -2.26. The molecule has 0 aliphatic rings. The number of hydrogen-bond donors (Lipinski definition) is 1. The maximum absolute atomic E-state index is 12.7. The molecule has 138 valence electrons. The number of methoxy groups -OCH3 is 1. The summed E-state index contributed by atoms with van der Waals surface area (Å²) in [5.74, 6) is 0.196. The van der Waals surface area contributed by atoms with E-state index >= 15 is 0 Å². The highest BCUT2D eigenvalue weighted by Gasteiger charge is 2.20. The van der Waals surface area contributed by atoms with Gasteiger partial charge in [0, 0.05) is 18.7 Å². The lowest BCUT2D eigenvalue weighted by atomic mass is 10.1. The minimum atomic E-state index is -3.78. The molecule has 0 saturated heterocycles. The average molecular weight is 376 g/mol. The highest BCUT2D eigenvalue weighted by molar-refractivity contribution is 7.89. The van der Waals surface area contributed by atoms with Gasteiger partial charge < -0.3 is 9.15 Å². The van der Waals surface area contributed by atoms with Crippen LogP contribution in [-0.2, 0) is 16.6 Å². The highest BCUT2D eigenvalue weighted by Crippen LogP contribution is 2.22. The number of nitrogens with zero attached hydrogens (tertiary/aromatic N) is 1. The molecule has 0 fully saturated rings. The standard InChI is InChI=1S/C18H20N2O5S/c1-4-20-16-10-9-15(11-17(16)25-18(20)21)26(22,23)19-12(2)13-5-7-14(24-3)8-6-13/h5-12,19H,4H2,1-3H3/t12-/m1/s1. The van der Waals surface area contributed by atoms with Gasteiger partial charge in [0.1, 0.15) is 5.75 Å². The molecule has 1 atom stereocenters. The van der Waals surface area contributed by atoms with Crippen molar-refractivity contribution in [1.29, 1.82) is 0 Å². The van der Waals surface area contributed by atoms with Gasteiger partial charge >= 0.3 is 5.76 Å². The molecule has 26 heavy (non-hydrogen) atoms. The molecule has 0 spiro atoms. The normalized spacial score (nSPS) is 13.0. The predicted molar refractivity (Wildman–Crippen MR) is 97.9 cm³/mol. The summed E-state index contributed by atoms with van der Waals surface area (Å²) in [7, 11) is -2.21. The lowest BCUT2D eigenvalue weighted by Gasteiger charge is -2.15. The molecule has 8 heteroatoms. The number of nitrogens with one attached hydrogen (secondary N) is 1. The van der Waals surface area contributed by atoms with Crippen LogP contribution in [0.5, 0.6) is 5.75 Å². The zero-order chi connectivity index (χ0) is 18.9. The Balaban J connectivity index is 1.89. The van der Waals surface area contributed by atoms with Crippen LogP contribution < -0.4 is 15.2 Å². The van der Waals surface area contributed by atoms with E-state index in [4.69, 9.17) is 9.15 Å². The molecular weight excluding hydrogens is 356 g/mol. The number of oxazole rings is 1. The van der Waals surface area contributed by atoms with Crippen molar-refractivity contribution in [2.45, 2.75) is 31.3 Å². The van der Waals surface area contributed by atoms with Crippen LogP contribution in [0.1, 0.15) is 25.5 Å². The Morgan fingerprint density at radius 3 is 2.50 bits per heavy atom. The van der Waals surface area contributed by atoms with E-state index in [9.17, 15) is 13.2 Å².